The van der Waals surface area contributed by atoms with Crippen LogP contribution >= 0.6 is 0 Å². The second-order valence-electron chi connectivity index (χ2n) is 3.26. The van der Waals surface area contributed by atoms with Gasteiger partial charge in [0.05, 0.1) is 7.11 Å². The maximum atomic E-state index is 5.91. The fraction of sp³-hybridized carbons (Fsp3) is 0.333. The van der Waals surface area contributed by atoms with Gasteiger partial charge in [0.25, 0.3) is 0 Å². The summed E-state index contributed by atoms with van der Waals surface area (Å²) in [6.45, 7) is 2.01. The van der Waals surface area contributed by atoms with E-state index >= 15 is 0 Å². The standard InChI is InChI=1S/C12H15NO/c1-4-5-11(13)10-7-6-9(2)8-12(10)14-3/h1,6-8,11H,5,13H2,2-3H3. The van der Waals surface area contributed by atoms with Crippen molar-refractivity contribution in [3.05, 3.63) is 29.3 Å². The first kappa shape index (κ1) is 10.6. The molecule has 14 heavy (non-hydrogen) atoms. The van der Waals surface area contributed by atoms with Gasteiger partial charge >= 0.3 is 0 Å². The summed E-state index contributed by atoms with van der Waals surface area (Å²) in [5, 5.41) is 0. The molecule has 0 aliphatic heterocycles. The third kappa shape index (κ3) is 2.27. The van der Waals surface area contributed by atoms with Gasteiger partial charge in [0.15, 0.2) is 0 Å². The Kier molecular flexibility index (Phi) is 3.55. The number of benzene rings is 1. The third-order valence-electron chi connectivity index (χ3n) is 2.13. The van der Waals surface area contributed by atoms with Crippen molar-refractivity contribution in [2.24, 2.45) is 5.73 Å². The van der Waals surface area contributed by atoms with Crippen molar-refractivity contribution in [3.63, 3.8) is 0 Å². The maximum Gasteiger partial charge on any atom is 0.123 e. The van der Waals surface area contributed by atoms with Crippen molar-refractivity contribution < 1.29 is 4.74 Å². The van der Waals surface area contributed by atoms with Crippen LogP contribution < -0.4 is 10.5 Å². The molecule has 1 unspecified atom stereocenters. The number of ether oxygens (including phenoxy) is 1. The van der Waals surface area contributed by atoms with Crippen LogP contribution in [-0.4, -0.2) is 7.11 Å². The predicted octanol–water partition coefficient (Wildman–Crippen LogP) is 2.03. The Morgan fingerprint density at radius 3 is 2.86 bits per heavy atom. The van der Waals surface area contributed by atoms with Crippen LogP contribution in [0.1, 0.15) is 23.6 Å². The van der Waals surface area contributed by atoms with Crippen LogP contribution in [0.4, 0.5) is 0 Å². The first-order valence-corrected chi connectivity index (χ1v) is 4.52. The van der Waals surface area contributed by atoms with Crippen LogP contribution in [-0.2, 0) is 0 Å². The molecule has 1 aromatic rings. The molecule has 74 valence electrons. The van der Waals surface area contributed by atoms with E-state index in [1.165, 1.54) is 0 Å². The van der Waals surface area contributed by atoms with E-state index in [-0.39, 0.29) is 6.04 Å². The summed E-state index contributed by atoms with van der Waals surface area (Å²) in [4.78, 5) is 0. The highest BCUT2D eigenvalue weighted by Gasteiger charge is 2.10. The SMILES string of the molecule is C#CCC(N)c1ccc(C)cc1OC. The van der Waals surface area contributed by atoms with E-state index in [0.29, 0.717) is 6.42 Å². The summed E-state index contributed by atoms with van der Waals surface area (Å²) < 4.78 is 5.25. The molecule has 2 nitrogen and oxygen atoms in total. The van der Waals surface area contributed by atoms with Crippen molar-refractivity contribution in [2.45, 2.75) is 19.4 Å². The molecule has 1 rings (SSSR count). The Hall–Kier alpha value is -1.46. The Labute approximate surface area is 85.1 Å². The molecule has 0 saturated heterocycles. The Morgan fingerprint density at radius 1 is 1.57 bits per heavy atom. The highest BCUT2D eigenvalue weighted by molar-refractivity contribution is 5.39. The van der Waals surface area contributed by atoms with Crippen LogP contribution in [0.3, 0.4) is 0 Å². The molecular weight excluding hydrogens is 174 g/mol. The second-order valence-corrected chi connectivity index (χ2v) is 3.26. The van der Waals surface area contributed by atoms with Crippen LogP contribution in [0.5, 0.6) is 5.75 Å². The van der Waals surface area contributed by atoms with E-state index in [0.717, 1.165) is 16.9 Å². The molecule has 1 atom stereocenters. The lowest BCUT2D eigenvalue weighted by atomic mass is 10.0. The van der Waals surface area contributed by atoms with Gasteiger partial charge in [-0.3, -0.25) is 0 Å². The van der Waals surface area contributed by atoms with E-state index in [2.05, 4.69) is 5.92 Å². The first-order valence-electron chi connectivity index (χ1n) is 4.52. The minimum Gasteiger partial charge on any atom is -0.496 e. The number of aryl methyl sites for hydroxylation is 1. The molecule has 0 aliphatic rings. The lowest BCUT2D eigenvalue weighted by molar-refractivity contribution is 0.405. The quantitative estimate of drug-likeness (QED) is 0.738. The number of hydrogen-bond donors (Lipinski definition) is 1. The Balaban J connectivity index is 3.02. The van der Waals surface area contributed by atoms with E-state index < -0.39 is 0 Å². The topological polar surface area (TPSA) is 35.2 Å². The Bertz CT molecular complexity index is 352. The zero-order chi connectivity index (χ0) is 10.6. The summed E-state index contributed by atoms with van der Waals surface area (Å²) in [6.07, 6.45) is 5.74. The first-order chi connectivity index (χ1) is 6.69. The molecular formula is C12H15NO. The summed E-state index contributed by atoms with van der Waals surface area (Å²) in [7, 11) is 1.64. The predicted molar refractivity (Wildman–Crippen MR) is 58.1 cm³/mol. The largest absolute Gasteiger partial charge is 0.496 e. The van der Waals surface area contributed by atoms with Gasteiger partial charge in [-0.25, -0.2) is 0 Å². The third-order valence-corrected chi connectivity index (χ3v) is 2.13. The molecule has 0 fully saturated rings. The molecule has 0 saturated carbocycles. The van der Waals surface area contributed by atoms with Gasteiger partial charge < -0.3 is 10.5 Å². The highest BCUT2D eigenvalue weighted by Crippen LogP contribution is 2.26. The molecule has 0 radical (unpaired) electrons. The van der Waals surface area contributed by atoms with E-state index in [4.69, 9.17) is 16.9 Å². The van der Waals surface area contributed by atoms with Gasteiger partial charge in [0.1, 0.15) is 5.75 Å². The monoisotopic (exact) mass is 189 g/mol. The van der Waals surface area contributed by atoms with Crippen LogP contribution in [0.25, 0.3) is 0 Å². The molecule has 1 aromatic carbocycles. The van der Waals surface area contributed by atoms with Gasteiger partial charge in [0, 0.05) is 18.0 Å². The second kappa shape index (κ2) is 4.69. The minimum atomic E-state index is -0.143. The van der Waals surface area contributed by atoms with Crippen molar-refractivity contribution in [1.82, 2.24) is 0 Å². The van der Waals surface area contributed by atoms with Gasteiger partial charge in [0.2, 0.25) is 0 Å². The maximum absolute atomic E-state index is 5.91. The van der Waals surface area contributed by atoms with Crippen molar-refractivity contribution in [2.75, 3.05) is 7.11 Å². The smallest absolute Gasteiger partial charge is 0.123 e. The van der Waals surface area contributed by atoms with E-state index in [1.54, 1.807) is 7.11 Å². The molecule has 0 spiro atoms. The fourth-order valence-electron chi connectivity index (χ4n) is 1.36. The lowest BCUT2D eigenvalue weighted by Gasteiger charge is -2.13. The number of methoxy groups -OCH3 is 1. The zero-order valence-electron chi connectivity index (χ0n) is 8.58. The summed E-state index contributed by atoms with van der Waals surface area (Å²) in [6, 6.07) is 5.80. The fourth-order valence-corrected chi connectivity index (χ4v) is 1.36. The van der Waals surface area contributed by atoms with Gasteiger partial charge in [-0.2, -0.15) is 0 Å². The van der Waals surface area contributed by atoms with Crippen molar-refractivity contribution in [1.29, 1.82) is 0 Å². The molecule has 0 aromatic heterocycles. The highest BCUT2D eigenvalue weighted by atomic mass is 16.5. The van der Waals surface area contributed by atoms with Crippen LogP contribution in [0.15, 0.2) is 18.2 Å². The zero-order valence-corrected chi connectivity index (χ0v) is 8.58. The minimum absolute atomic E-state index is 0.143. The molecule has 2 N–H and O–H groups in total. The molecule has 0 aliphatic carbocycles. The number of hydrogen-bond acceptors (Lipinski definition) is 2. The number of rotatable bonds is 3. The van der Waals surface area contributed by atoms with Gasteiger partial charge in [-0.05, 0) is 18.6 Å². The van der Waals surface area contributed by atoms with Gasteiger partial charge in [-0.1, -0.05) is 12.1 Å². The van der Waals surface area contributed by atoms with Gasteiger partial charge in [-0.15, -0.1) is 12.3 Å². The lowest BCUT2D eigenvalue weighted by Crippen LogP contribution is -2.10. The summed E-state index contributed by atoms with van der Waals surface area (Å²) >= 11 is 0. The molecule has 0 amide bonds. The van der Waals surface area contributed by atoms with Crippen LogP contribution in [0.2, 0.25) is 0 Å². The average Bonchev–Trinajstić information content (AvgIpc) is 2.17. The van der Waals surface area contributed by atoms with E-state index in [9.17, 15) is 0 Å². The Morgan fingerprint density at radius 2 is 2.29 bits per heavy atom. The molecule has 0 heterocycles. The number of terminal acetylenes is 1. The van der Waals surface area contributed by atoms with Crippen LogP contribution in [0, 0.1) is 19.3 Å². The summed E-state index contributed by atoms with van der Waals surface area (Å²) in [5.74, 6) is 3.36. The average molecular weight is 189 g/mol. The molecule has 2 heteroatoms. The van der Waals surface area contributed by atoms with Crippen molar-refractivity contribution >= 4 is 0 Å². The van der Waals surface area contributed by atoms with Crippen molar-refractivity contribution in [3.8, 4) is 18.1 Å². The normalized spacial score (nSPS) is 11.9. The summed E-state index contributed by atoms with van der Waals surface area (Å²) in [5.41, 5.74) is 8.03. The van der Waals surface area contributed by atoms with E-state index in [1.807, 2.05) is 25.1 Å². The number of nitrogens with two attached hydrogens (primary N) is 1. The molecule has 0 bridgehead atoms.